The molecule has 3 aromatic rings. The Bertz CT molecular complexity index is 1030. The number of carbonyl (C=O) groups excluding carboxylic acids is 1. The maximum Gasteiger partial charge on any atom is 0.293 e. The number of aryl methyl sites for hydroxylation is 1. The molecule has 1 aromatic heterocycles. The van der Waals surface area contributed by atoms with E-state index in [1.165, 1.54) is 23.8 Å². The molecule has 0 saturated carbocycles. The minimum Gasteiger partial charge on any atom is -0.379 e. The number of amides is 1. The molecule has 1 amide bonds. The predicted octanol–water partition coefficient (Wildman–Crippen LogP) is 3.76. The third-order valence-corrected chi connectivity index (χ3v) is 4.74. The average Bonchev–Trinajstić information content (AvgIpc) is 2.95. The third-order valence-electron chi connectivity index (χ3n) is 4.74. The summed E-state index contributed by atoms with van der Waals surface area (Å²) >= 11 is 0. The Morgan fingerprint density at radius 1 is 1.14 bits per heavy atom. The van der Waals surface area contributed by atoms with Crippen LogP contribution in [0, 0.1) is 24.0 Å². The molecule has 0 spiro atoms. The van der Waals surface area contributed by atoms with Gasteiger partial charge in [0.25, 0.3) is 5.69 Å². The van der Waals surface area contributed by atoms with Gasteiger partial charge in [-0.05, 0) is 56.2 Å². The molecule has 0 saturated heterocycles. The summed E-state index contributed by atoms with van der Waals surface area (Å²) in [7, 11) is 0. The van der Waals surface area contributed by atoms with E-state index >= 15 is 0 Å². The van der Waals surface area contributed by atoms with E-state index in [0.29, 0.717) is 18.7 Å². The van der Waals surface area contributed by atoms with Crippen molar-refractivity contribution in [3.63, 3.8) is 0 Å². The highest BCUT2D eigenvalue weighted by molar-refractivity contribution is 5.94. The van der Waals surface area contributed by atoms with Crippen LogP contribution in [0.15, 0.2) is 54.6 Å². The van der Waals surface area contributed by atoms with E-state index in [4.69, 9.17) is 5.73 Å². The largest absolute Gasteiger partial charge is 0.379 e. The van der Waals surface area contributed by atoms with Gasteiger partial charge in [-0.2, -0.15) is 0 Å². The number of nitrogens with one attached hydrogen (secondary N) is 1. The van der Waals surface area contributed by atoms with Gasteiger partial charge in [-0.3, -0.25) is 14.9 Å². The van der Waals surface area contributed by atoms with Crippen LogP contribution in [-0.4, -0.2) is 21.9 Å². The first kappa shape index (κ1) is 19.2. The van der Waals surface area contributed by atoms with Gasteiger partial charge >= 0.3 is 0 Å². The molecule has 144 valence electrons. The zero-order valence-corrected chi connectivity index (χ0v) is 15.8. The fourth-order valence-electron chi connectivity index (χ4n) is 3.37. The topological polar surface area (TPSA) is 103 Å². The molecule has 3 N–H and O–H groups in total. The SMILES string of the molecule is Cc1cc(CCNc2ccc(C(N)=O)cc2[N+](=O)[O-])c(C)n1-c1ccccc1. The van der Waals surface area contributed by atoms with Crippen molar-refractivity contribution in [3.8, 4) is 5.69 Å². The van der Waals surface area contributed by atoms with Crippen LogP contribution in [0.1, 0.15) is 27.3 Å². The minimum atomic E-state index is -0.692. The first-order valence-electron chi connectivity index (χ1n) is 8.94. The van der Waals surface area contributed by atoms with E-state index in [0.717, 1.165) is 17.1 Å². The number of anilines is 1. The standard InChI is InChI=1S/C21H22N4O3/c1-14-12-16(15(2)24(14)18-6-4-3-5-7-18)10-11-23-19-9-8-17(21(22)26)13-20(19)25(27)28/h3-9,12-13,23H,10-11H2,1-2H3,(H2,22,26). The highest BCUT2D eigenvalue weighted by Gasteiger charge is 2.17. The van der Waals surface area contributed by atoms with Crippen molar-refractivity contribution in [2.24, 2.45) is 5.73 Å². The summed E-state index contributed by atoms with van der Waals surface area (Å²) in [6.45, 7) is 4.65. The number of carbonyl (C=O) groups is 1. The van der Waals surface area contributed by atoms with Crippen LogP contribution in [0.25, 0.3) is 5.69 Å². The monoisotopic (exact) mass is 378 g/mol. The van der Waals surface area contributed by atoms with Crippen molar-refractivity contribution in [1.29, 1.82) is 0 Å². The Kier molecular flexibility index (Phi) is 5.44. The Labute approximate surface area is 162 Å². The molecule has 0 bridgehead atoms. The molecule has 0 aliphatic heterocycles. The van der Waals surface area contributed by atoms with Crippen LogP contribution < -0.4 is 11.1 Å². The molecule has 3 rings (SSSR count). The average molecular weight is 378 g/mol. The number of hydrogen-bond acceptors (Lipinski definition) is 4. The summed E-state index contributed by atoms with van der Waals surface area (Å²) in [6, 6.07) is 16.5. The van der Waals surface area contributed by atoms with Crippen LogP contribution >= 0.6 is 0 Å². The number of aromatic nitrogens is 1. The molecule has 0 fully saturated rings. The second kappa shape index (κ2) is 7.96. The molecular weight excluding hydrogens is 356 g/mol. The van der Waals surface area contributed by atoms with Gasteiger partial charge in [0.05, 0.1) is 4.92 Å². The second-order valence-corrected chi connectivity index (χ2v) is 6.60. The van der Waals surface area contributed by atoms with Crippen LogP contribution in [0.4, 0.5) is 11.4 Å². The molecule has 7 nitrogen and oxygen atoms in total. The molecule has 28 heavy (non-hydrogen) atoms. The summed E-state index contributed by atoms with van der Waals surface area (Å²) < 4.78 is 2.19. The number of benzene rings is 2. The van der Waals surface area contributed by atoms with Crippen molar-refractivity contribution in [3.05, 3.63) is 87.2 Å². The van der Waals surface area contributed by atoms with Crippen molar-refractivity contribution < 1.29 is 9.72 Å². The summed E-state index contributed by atoms with van der Waals surface area (Å²) in [5, 5.41) is 14.4. The number of rotatable bonds is 7. The van der Waals surface area contributed by atoms with Gasteiger partial charge in [-0.25, -0.2) is 0 Å². The molecular formula is C21H22N4O3. The highest BCUT2D eigenvalue weighted by Crippen LogP contribution is 2.26. The summed E-state index contributed by atoms with van der Waals surface area (Å²) in [6.07, 6.45) is 0.710. The predicted molar refractivity (Wildman–Crippen MR) is 109 cm³/mol. The van der Waals surface area contributed by atoms with Gasteiger partial charge < -0.3 is 15.6 Å². The van der Waals surface area contributed by atoms with Crippen LogP contribution in [0.3, 0.4) is 0 Å². The normalized spacial score (nSPS) is 10.6. The molecule has 0 unspecified atom stereocenters. The van der Waals surface area contributed by atoms with E-state index < -0.39 is 10.8 Å². The smallest absolute Gasteiger partial charge is 0.293 e. The quantitative estimate of drug-likeness (QED) is 0.482. The van der Waals surface area contributed by atoms with Crippen molar-refractivity contribution in [1.82, 2.24) is 4.57 Å². The first-order valence-corrected chi connectivity index (χ1v) is 8.94. The van der Waals surface area contributed by atoms with Crippen molar-refractivity contribution in [2.75, 3.05) is 11.9 Å². The number of hydrogen-bond donors (Lipinski definition) is 2. The lowest BCUT2D eigenvalue weighted by molar-refractivity contribution is -0.384. The van der Waals surface area contributed by atoms with E-state index in [-0.39, 0.29) is 11.3 Å². The van der Waals surface area contributed by atoms with Gasteiger partial charge in [0, 0.05) is 35.2 Å². The van der Waals surface area contributed by atoms with Gasteiger partial charge in [0.15, 0.2) is 0 Å². The van der Waals surface area contributed by atoms with Gasteiger partial charge in [0.1, 0.15) is 5.69 Å². The Balaban J connectivity index is 1.76. The van der Waals surface area contributed by atoms with E-state index in [9.17, 15) is 14.9 Å². The van der Waals surface area contributed by atoms with Crippen LogP contribution in [0.5, 0.6) is 0 Å². The number of nitrogens with zero attached hydrogens (tertiary/aromatic N) is 2. The number of para-hydroxylation sites is 1. The van der Waals surface area contributed by atoms with E-state index in [1.807, 2.05) is 18.2 Å². The second-order valence-electron chi connectivity index (χ2n) is 6.60. The lowest BCUT2D eigenvalue weighted by Crippen LogP contribution is -2.12. The van der Waals surface area contributed by atoms with Crippen LogP contribution in [-0.2, 0) is 6.42 Å². The minimum absolute atomic E-state index is 0.114. The Morgan fingerprint density at radius 2 is 1.86 bits per heavy atom. The Hall–Kier alpha value is -3.61. The molecule has 0 radical (unpaired) electrons. The van der Waals surface area contributed by atoms with Gasteiger partial charge in [-0.1, -0.05) is 18.2 Å². The van der Waals surface area contributed by atoms with Crippen molar-refractivity contribution >= 4 is 17.3 Å². The van der Waals surface area contributed by atoms with Crippen LogP contribution in [0.2, 0.25) is 0 Å². The van der Waals surface area contributed by atoms with E-state index in [1.54, 1.807) is 0 Å². The summed E-state index contributed by atoms with van der Waals surface area (Å²) in [5.74, 6) is -0.692. The molecule has 1 heterocycles. The zero-order valence-electron chi connectivity index (χ0n) is 15.8. The lowest BCUT2D eigenvalue weighted by Gasteiger charge is -2.10. The molecule has 0 atom stereocenters. The van der Waals surface area contributed by atoms with Crippen molar-refractivity contribution in [2.45, 2.75) is 20.3 Å². The summed E-state index contributed by atoms with van der Waals surface area (Å²) in [5.41, 5.74) is 10.1. The molecule has 0 aliphatic carbocycles. The van der Waals surface area contributed by atoms with E-state index in [2.05, 4.69) is 41.9 Å². The number of nitro groups is 1. The lowest BCUT2D eigenvalue weighted by atomic mass is 10.1. The number of nitro benzene ring substituents is 1. The van der Waals surface area contributed by atoms with Gasteiger partial charge in [-0.15, -0.1) is 0 Å². The fraction of sp³-hybridized carbons (Fsp3) is 0.190. The molecule has 2 aromatic carbocycles. The summed E-state index contributed by atoms with van der Waals surface area (Å²) in [4.78, 5) is 22.0. The maximum absolute atomic E-state index is 11.3. The van der Waals surface area contributed by atoms with Gasteiger partial charge in [0.2, 0.25) is 5.91 Å². The number of primary amides is 1. The fourth-order valence-corrected chi connectivity index (χ4v) is 3.37. The Morgan fingerprint density at radius 3 is 2.50 bits per heavy atom. The third kappa shape index (κ3) is 3.88. The number of nitrogens with two attached hydrogens (primary N) is 1. The molecule has 7 heteroatoms. The molecule has 0 aliphatic rings. The maximum atomic E-state index is 11.3. The zero-order chi connectivity index (χ0) is 20.3. The highest BCUT2D eigenvalue weighted by atomic mass is 16.6. The first-order chi connectivity index (χ1) is 13.4.